The Labute approximate surface area is 505 Å². The Morgan fingerprint density at radius 1 is 0.721 bits per heavy atom. The number of piperazine rings is 1. The van der Waals surface area contributed by atoms with Crippen LogP contribution in [0, 0.1) is 17.8 Å². The molecule has 480 valence electrons. The van der Waals surface area contributed by atoms with Crippen molar-refractivity contribution in [3.05, 3.63) is 115 Å². The van der Waals surface area contributed by atoms with E-state index in [4.69, 9.17) is 24.7 Å². The van der Waals surface area contributed by atoms with E-state index in [-0.39, 0.29) is 49.7 Å². The van der Waals surface area contributed by atoms with Gasteiger partial charge in [-0.3, -0.25) is 19.2 Å². The second kappa shape index (κ2) is 35.8. The normalized spacial score (nSPS) is 37.6. The molecule has 1 aromatic carbocycles. The van der Waals surface area contributed by atoms with E-state index in [0.29, 0.717) is 38.2 Å². The lowest BCUT2D eigenvalue weighted by Gasteiger charge is -2.47. The Kier molecular flexibility index (Phi) is 29.8. The van der Waals surface area contributed by atoms with Crippen LogP contribution in [0.25, 0.3) is 0 Å². The number of nitrogens with zero attached hydrogens (tertiary/aromatic N) is 2. The number of fused-ring (bicyclic) bond motifs is 2. The van der Waals surface area contributed by atoms with Crippen LogP contribution in [0.1, 0.15) is 108 Å². The average Bonchev–Trinajstić information content (AvgIpc) is 1.58. The van der Waals surface area contributed by atoms with Crippen molar-refractivity contribution in [3.63, 3.8) is 0 Å². The SMILES string of the molecule is CNc1ccc(C(=O)CC(O)CCC(C)C2OC(=O)CC(O)CC(=O)CC(O)CC(O)CC(O)CC(O)CC3(O)CC(O)C(C(=O)N4CCN(C)CC4)C(CC(O[C@@H]4O[C@H](C)[C@@H](O)[C@H](N)[C@@H]4O)/C=C/C=C/C=C/C=C\C=C/C=C/C=C/C2C)O3)cc1. The third-order valence-corrected chi connectivity index (χ3v) is 16.2. The van der Waals surface area contributed by atoms with Gasteiger partial charge in [0.2, 0.25) is 5.91 Å². The fourth-order valence-corrected chi connectivity index (χ4v) is 11.3. The number of cyclic esters (lactones) is 1. The minimum atomic E-state index is -2.27. The minimum Gasteiger partial charge on any atom is -0.461 e. The summed E-state index contributed by atoms with van der Waals surface area (Å²) < 4.78 is 24.5. The van der Waals surface area contributed by atoms with Crippen molar-refractivity contribution in [1.82, 2.24) is 9.80 Å². The minimum absolute atomic E-state index is 0.101. The third-order valence-electron chi connectivity index (χ3n) is 16.2. The number of benzene rings is 1. The van der Waals surface area contributed by atoms with Crippen molar-refractivity contribution in [2.75, 3.05) is 45.6 Å². The molecule has 22 heteroatoms. The van der Waals surface area contributed by atoms with Crippen LogP contribution in [0.3, 0.4) is 0 Å². The molecule has 5 rings (SSSR count). The van der Waals surface area contributed by atoms with Gasteiger partial charge in [-0.25, -0.2) is 0 Å². The number of allylic oxidation sites excluding steroid dienone is 12. The van der Waals surface area contributed by atoms with Crippen molar-refractivity contribution in [2.45, 2.75) is 195 Å². The number of carbonyl (C=O) groups is 4. The van der Waals surface area contributed by atoms with Crippen LogP contribution in [-0.4, -0.2) is 222 Å². The highest BCUT2D eigenvalue weighted by atomic mass is 16.7. The number of carbonyl (C=O) groups excluding carboxylic acids is 4. The molecule has 1 aromatic rings. The van der Waals surface area contributed by atoms with Gasteiger partial charge in [0.05, 0.1) is 85.5 Å². The lowest BCUT2D eigenvalue weighted by Crippen LogP contribution is -2.62. The van der Waals surface area contributed by atoms with E-state index in [1.807, 2.05) is 45.2 Å². The first-order valence-electron chi connectivity index (χ1n) is 30.1. The number of ketones is 2. The Morgan fingerprint density at radius 3 is 1.88 bits per heavy atom. The number of esters is 1. The number of likely N-dealkylation sites (N-methyl/N-ethyl adjacent to an activating group) is 1. The number of nitrogens with two attached hydrogens (primary N) is 1. The van der Waals surface area contributed by atoms with Crippen molar-refractivity contribution >= 4 is 29.1 Å². The van der Waals surface area contributed by atoms with Gasteiger partial charge in [-0.2, -0.15) is 0 Å². The Balaban J connectivity index is 1.36. The maximum atomic E-state index is 14.4. The summed E-state index contributed by atoms with van der Waals surface area (Å²) in [6.45, 7) is 7.16. The summed E-state index contributed by atoms with van der Waals surface area (Å²) in [6, 6.07) is 5.79. The summed E-state index contributed by atoms with van der Waals surface area (Å²) in [7, 11) is 3.69. The fourth-order valence-electron chi connectivity index (χ4n) is 11.3. The molecule has 0 radical (unpaired) electrons. The summed E-state index contributed by atoms with van der Waals surface area (Å²) in [5, 5.41) is 114. The second-order valence-electron chi connectivity index (χ2n) is 23.7. The Bertz CT molecular complexity index is 2480. The second-order valence-corrected chi connectivity index (χ2v) is 23.7. The quantitative estimate of drug-likeness (QED) is 0.112. The molecule has 19 atom stereocenters. The molecule has 3 fully saturated rings. The Hall–Kier alpha value is -5.12. The molecule has 0 saturated carbocycles. The van der Waals surface area contributed by atoms with Crippen LogP contribution >= 0.6 is 0 Å². The summed E-state index contributed by atoms with van der Waals surface area (Å²) >= 11 is 0. The number of hydrogen-bond acceptors (Lipinski definition) is 21. The van der Waals surface area contributed by atoms with E-state index < -0.39 is 160 Å². The molecular formula is C64H96N4O18. The van der Waals surface area contributed by atoms with E-state index in [0.717, 1.165) is 5.69 Å². The molecule has 4 aliphatic heterocycles. The van der Waals surface area contributed by atoms with E-state index in [1.54, 1.807) is 104 Å². The fraction of sp³-hybridized carbons (Fsp3) is 0.625. The highest BCUT2D eigenvalue weighted by Crippen LogP contribution is 2.39. The van der Waals surface area contributed by atoms with Crippen LogP contribution < -0.4 is 11.1 Å². The molecule has 2 bridgehead atoms. The average molecular weight is 1210 g/mol. The van der Waals surface area contributed by atoms with Gasteiger partial charge in [-0.05, 0) is 76.3 Å². The Morgan fingerprint density at radius 2 is 1.28 bits per heavy atom. The lowest BCUT2D eigenvalue weighted by molar-refractivity contribution is -0.308. The standard InChI is InChI=1S/C64H96N4O18/c1-40-18-16-14-12-10-8-6-7-9-11-13-15-17-19-52(84-63-60(80)58(65)59(79)42(3)83-63)37-55-57(62(81)68-28-26-67(5)27-29-68)54(77)39-64(82,86-55)38-51(75)34-49(73)32-47(71)30-46(70)31-48(72)33-50(74)36-56(78)85-61(40)41(2)20-25-45(69)35-53(76)43-21-23-44(66-4)24-22-43/h6-19,21-24,40-42,45-47,49-52,54-55,57-61,63,66,69-71,73-75,77,79-80,82H,20,25-39,65H2,1-5H3/b7-6-,10-8-,11-9+,14-12+,15-13+,18-16+,19-17+/t40?,41?,42-,45?,46?,47?,49?,50?,51?,52?,54?,55?,57?,58+,59-,60+,61?,63+,64?/m1/s1. The van der Waals surface area contributed by atoms with E-state index in [2.05, 4.69) is 10.2 Å². The van der Waals surface area contributed by atoms with Crippen LogP contribution in [-0.2, 0) is 33.3 Å². The van der Waals surface area contributed by atoms with Crippen molar-refractivity contribution in [2.24, 2.45) is 23.5 Å². The van der Waals surface area contributed by atoms with Gasteiger partial charge in [0, 0.05) is 88.9 Å². The topological polar surface area (TPSA) is 352 Å². The number of Topliss-reactive ketones (excluding diaryl/α,β-unsaturated/α-hetero) is 2. The molecule has 3 saturated heterocycles. The number of rotatable bonds is 11. The molecule has 1 amide bonds. The van der Waals surface area contributed by atoms with Crippen molar-refractivity contribution in [1.29, 1.82) is 0 Å². The van der Waals surface area contributed by atoms with Crippen LogP contribution in [0.4, 0.5) is 5.69 Å². The number of nitrogens with one attached hydrogen (secondary N) is 1. The van der Waals surface area contributed by atoms with Gasteiger partial charge in [0.25, 0.3) is 0 Å². The van der Waals surface area contributed by atoms with Crippen molar-refractivity contribution in [3.8, 4) is 0 Å². The molecular weight excluding hydrogens is 1110 g/mol. The highest BCUT2D eigenvalue weighted by Gasteiger charge is 2.52. The van der Waals surface area contributed by atoms with Crippen LogP contribution in [0.2, 0.25) is 0 Å². The smallest absolute Gasteiger partial charge is 0.308 e. The number of aliphatic hydroxyl groups excluding tert-OH is 9. The van der Waals surface area contributed by atoms with E-state index in [1.165, 1.54) is 0 Å². The van der Waals surface area contributed by atoms with Gasteiger partial charge in [0.1, 0.15) is 18.0 Å². The molecule has 0 spiro atoms. The number of ether oxygens (including phenoxy) is 4. The summed E-state index contributed by atoms with van der Waals surface area (Å²) in [4.78, 5) is 57.4. The van der Waals surface area contributed by atoms with Gasteiger partial charge < -0.3 is 90.9 Å². The number of aliphatic hydroxyl groups is 10. The molecule has 4 aliphatic rings. The van der Waals surface area contributed by atoms with Gasteiger partial charge >= 0.3 is 5.97 Å². The lowest BCUT2D eigenvalue weighted by atomic mass is 9.81. The maximum absolute atomic E-state index is 14.4. The molecule has 4 heterocycles. The zero-order valence-corrected chi connectivity index (χ0v) is 50.3. The number of hydrogen-bond donors (Lipinski definition) is 12. The summed E-state index contributed by atoms with van der Waals surface area (Å²) in [5.41, 5.74) is 7.47. The largest absolute Gasteiger partial charge is 0.461 e. The van der Waals surface area contributed by atoms with Crippen LogP contribution in [0.5, 0.6) is 0 Å². The molecule has 13 N–H and O–H groups in total. The molecule has 14 unspecified atom stereocenters. The highest BCUT2D eigenvalue weighted by molar-refractivity contribution is 5.96. The summed E-state index contributed by atoms with van der Waals surface area (Å²) in [5.74, 6) is -6.22. The third kappa shape index (κ3) is 23.8. The van der Waals surface area contributed by atoms with E-state index >= 15 is 0 Å². The predicted molar refractivity (Wildman–Crippen MR) is 322 cm³/mol. The van der Waals surface area contributed by atoms with Gasteiger partial charge in [-0.15, -0.1) is 0 Å². The maximum Gasteiger partial charge on any atom is 0.308 e. The van der Waals surface area contributed by atoms with E-state index in [9.17, 15) is 70.2 Å². The molecule has 22 nitrogen and oxygen atoms in total. The molecule has 0 aliphatic carbocycles. The van der Waals surface area contributed by atoms with Crippen molar-refractivity contribution < 1.29 is 89.2 Å². The van der Waals surface area contributed by atoms with Gasteiger partial charge in [-0.1, -0.05) is 98.9 Å². The molecule has 86 heavy (non-hydrogen) atoms. The summed E-state index contributed by atoms with van der Waals surface area (Å²) in [6.07, 6.45) is 3.69. The van der Waals surface area contributed by atoms with Gasteiger partial charge in [0.15, 0.2) is 17.9 Å². The zero-order chi connectivity index (χ0) is 63.1. The number of amides is 1. The number of anilines is 1. The molecule has 0 aromatic heterocycles. The monoisotopic (exact) mass is 1210 g/mol. The van der Waals surface area contributed by atoms with Crippen LogP contribution in [0.15, 0.2) is 109 Å². The first-order chi connectivity index (χ1) is 40.8. The first-order valence-corrected chi connectivity index (χ1v) is 30.1. The zero-order valence-electron chi connectivity index (χ0n) is 50.3. The first kappa shape index (κ1) is 71.6. The predicted octanol–water partition coefficient (Wildman–Crippen LogP) is 2.44.